The van der Waals surface area contributed by atoms with Crippen LogP contribution in [-0.4, -0.2) is 17.3 Å². The lowest BCUT2D eigenvalue weighted by molar-refractivity contribution is 0.330. The summed E-state index contributed by atoms with van der Waals surface area (Å²) in [6, 6.07) is 1.95. The third-order valence-corrected chi connectivity index (χ3v) is 2.63. The summed E-state index contributed by atoms with van der Waals surface area (Å²) in [5, 5.41) is 8.04. The summed E-state index contributed by atoms with van der Waals surface area (Å²) in [4.78, 5) is 0. The first-order valence-corrected chi connectivity index (χ1v) is 4.81. The van der Waals surface area contributed by atoms with E-state index in [0.29, 0.717) is 5.92 Å². The van der Waals surface area contributed by atoms with Crippen LogP contribution in [0.3, 0.4) is 0 Å². The number of methoxy groups -OCH3 is 1. The zero-order chi connectivity index (χ0) is 10.8. The van der Waals surface area contributed by atoms with E-state index in [9.17, 15) is 0 Å². The third-order valence-electron chi connectivity index (χ3n) is 2.63. The smallest absolute Gasteiger partial charge is 0.140 e. The van der Waals surface area contributed by atoms with Gasteiger partial charge in [0.05, 0.1) is 19.0 Å². The minimum absolute atomic E-state index is 0.195. The van der Waals surface area contributed by atoms with Crippen LogP contribution in [0.1, 0.15) is 39.3 Å². The Hall–Kier alpha value is -1.12. The Kier molecular flexibility index (Phi) is 3.09. The second kappa shape index (κ2) is 3.95. The average Bonchev–Trinajstić information content (AvgIpc) is 2.15. The fourth-order valence-electron chi connectivity index (χ4n) is 1.13. The van der Waals surface area contributed by atoms with Gasteiger partial charge >= 0.3 is 0 Å². The fraction of sp³-hybridized carbons (Fsp3) is 0.636. The van der Waals surface area contributed by atoms with Crippen molar-refractivity contribution in [3.63, 3.8) is 0 Å². The Morgan fingerprint density at radius 1 is 1.36 bits per heavy atom. The van der Waals surface area contributed by atoms with Gasteiger partial charge < -0.3 is 4.74 Å². The molecule has 0 spiro atoms. The predicted octanol–water partition coefficient (Wildman–Crippen LogP) is 2.63. The number of ether oxygens (including phenoxy) is 1. The highest BCUT2D eigenvalue weighted by molar-refractivity contribution is 5.21. The normalized spacial score (nSPS) is 13.8. The quantitative estimate of drug-likeness (QED) is 0.726. The molecule has 1 aromatic heterocycles. The van der Waals surface area contributed by atoms with Crippen molar-refractivity contribution >= 4 is 0 Å². The Bertz CT molecular complexity index is 304. The van der Waals surface area contributed by atoms with Crippen molar-refractivity contribution in [1.82, 2.24) is 10.2 Å². The molecule has 0 N–H and O–H groups in total. The largest absolute Gasteiger partial charge is 0.495 e. The molecule has 1 heterocycles. The molecular weight excluding hydrogens is 176 g/mol. The molecule has 78 valence electrons. The van der Waals surface area contributed by atoms with E-state index in [0.717, 1.165) is 11.4 Å². The molecule has 1 aromatic rings. The summed E-state index contributed by atoms with van der Waals surface area (Å²) in [6.45, 7) is 8.74. The van der Waals surface area contributed by atoms with E-state index in [-0.39, 0.29) is 5.41 Å². The van der Waals surface area contributed by atoms with Gasteiger partial charge in [-0.25, -0.2) is 0 Å². The van der Waals surface area contributed by atoms with Crippen LogP contribution in [-0.2, 0) is 0 Å². The molecule has 1 rings (SSSR count). The molecule has 0 amide bonds. The van der Waals surface area contributed by atoms with Crippen LogP contribution in [0, 0.1) is 5.41 Å². The highest BCUT2D eigenvalue weighted by Crippen LogP contribution is 2.33. The summed E-state index contributed by atoms with van der Waals surface area (Å²) in [7, 11) is 1.64. The highest BCUT2D eigenvalue weighted by atomic mass is 16.5. The maximum absolute atomic E-state index is 5.12. The van der Waals surface area contributed by atoms with Gasteiger partial charge in [0.1, 0.15) is 5.75 Å². The van der Waals surface area contributed by atoms with Crippen LogP contribution in [0.15, 0.2) is 12.3 Å². The monoisotopic (exact) mass is 194 g/mol. The predicted molar refractivity (Wildman–Crippen MR) is 56.5 cm³/mol. The number of aromatic nitrogens is 2. The Morgan fingerprint density at radius 2 is 2.00 bits per heavy atom. The second-order valence-electron chi connectivity index (χ2n) is 4.61. The van der Waals surface area contributed by atoms with E-state index >= 15 is 0 Å². The average molecular weight is 194 g/mol. The van der Waals surface area contributed by atoms with Crippen LogP contribution in [0.2, 0.25) is 0 Å². The highest BCUT2D eigenvalue weighted by Gasteiger charge is 2.23. The summed E-state index contributed by atoms with van der Waals surface area (Å²) >= 11 is 0. The molecule has 1 unspecified atom stereocenters. The molecule has 3 nitrogen and oxygen atoms in total. The molecule has 0 aromatic carbocycles. The molecule has 0 aliphatic carbocycles. The van der Waals surface area contributed by atoms with Crippen molar-refractivity contribution < 1.29 is 4.74 Å². The molecule has 0 saturated heterocycles. The third kappa shape index (κ3) is 2.44. The summed E-state index contributed by atoms with van der Waals surface area (Å²) in [5.41, 5.74) is 1.18. The topological polar surface area (TPSA) is 35.0 Å². The van der Waals surface area contributed by atoms with E-state index < -0.39 is 0 Å². The molecule has 0 saturated carbocycles. The van der Waals surface area contributed by atoms with Gasteiger partial charge in [-0.1, -0.05) is 27.7 Å². The Labute approximate surface area is 85.5 Å². The first-order valence-electron chi connectivity index (χ1n) is 4.81. The van der Waals surface area contributed by atoms with Gasteiger partial charge in [-0.3, -0.25) is 0 Å². The lowest BCUT2D eigenvalue weighted by Gasteiger charge is -2.26. The van der Waals surface area contributed by atoms with Crippen molar-refractivity contribution in [2.45, 2.75) is 33.6 Å². The molecular formula is C11H18N2O. The number of hydrogen-bond donors (Lipinski definition) is 0. The maximum atomic E-state index is 5.12. The molecule has 0 bridgehead atoms. The van der Waals surface area contributed by atoms with Gasteiger partial charge in [0.15, 0.2) is 0 Å². The van der Waals surface area contributed by atoms with Crippen molar-refractivity contribution in [2.24, 2.45) is 5.41 Å². The SMILES string of the molecule is COc1cnnc(C(C)C(C)(C)C)c1. The summed E-state index contributed by atoms with van der Waals surface area (Å²) < 4.78 is 5.12. The van der Waals surface area contributed by atoms with Crippen molar-refractivity contribution in [3.8, 4) is 5.75 Å². The van der Waals surface area contributed by atoms with E-state index in [4.69, 9.17) is 4.74 Å². The lowest BCUT2D eigenvalue weighted by atomic mass is 9.80. The summed E-state index contributed by atoms with van der Waals surface area (Å²) in [5.74, 6) is 1.14. The maximum Gasteiger partial charge on any atom is 0.140 e. The van der Waals surface area contributed by atoms with Crippen LogP contribution >= 0.6 is 0 Å². The summed E-state index contributed by atoms with van der Waals surface area (Å²) in [6.07, 6.45) is 1.62. The molecule has 14 heavy (non-hydrogen) atoms. The Balaban J connectivity index is 2.95. The zero-order valence-corrected chi connectivity index (χ0v) is 9.53. The van der Waals surface area contributed by atoms with Gasteiger partial charge in [0.2, 0.25) is 0 Å². The van der Waals surface area contributed by atoms with E-state index in [1.807, 2.05) is 6.07 Å². The van der Waals surface area contributed by atoms with Crippen LogP contribution < -0.4 is 4.74 Å². The second-order valence-corrected chi connectivity index (χ2v) is 4.61. The molecule has 3 heteroatoms. The molecule has 0 aliphatic rings. The van der Waals surface area contributed by atoms with E-state index in [2.05, 4.69) is 37.9 Å². The van der Waals surface area contributed by atoms with Crippen molar-refractivity contribution in [3.05, 3.63) is 18.0 Å². The van der Waals surface area contributed by atoms with Gasteiger partial charge in [-0.15, -0.1) is 0 Å². The van der Waals surface area contributed by atoms with Crippen molar-refractivity contribution in [1.29, 1.82) is 0 Å². The number of nitrogens with zero attached hydrogens (tertiary/aromatic N) is 2. The standard InChI is InChI=1S/C11H18N2O/c1-8(11(2,3)4)10-6-9(14-5)7-12-13-10/h6-8H,1-5H3. The minimum Gasteiger partial charge on any atom is -0.495 e. The van der Waals surface area contributed by atoms with Crippen molar-refractivity contribution in [2.75, 3.05) is 7.11 Å². The van der Waals surface area contributed by atoms with Gasteiger partial charge in [0, 0.05) is 12.0 Å². The van der Waals surface area contributed by atoms with Gasteiger partial charge in [0.25, 0.3) is 0 Å². The van der Waals surface area contributed by atoms with Crippen LogP contribution in [0.5, 0.6) is 5.75 Å². The van der Waals surface area contributed by atoms with E-state index in [1.165, 1.54) is 0 Å². The van der Waals surface area contributed by atoms with Crippen LogP contribution in [0.25, 0.3) is 0 Å². The van der Waals surface area contributed by atoms with E-state index in [1.54, 1.807) is 13.3 Å². The number of hydrogen-bond acceptors (Lipinski definition) is 3. The number of rotatable bonds is 2. The molecule has 0 fully saturated rings. The van der Waals surface area contributed by atoms with Crippen LogP contribution in [0.4, 0.5) is 0 Å². The first-order chi connectivity index (χ1) is 6.45. The first kappa shape index (κ1) is 11.0. The zero-order valence-electron chi connectivity index (χ0n) is 9.53. The minimum atomic E-state index is 0.195. The molecule has 0 radical (unpaired) electrons. The van der Waals surface area contributed by atoms with Gasteiger partial charge in [-0.05, 0) is 5.41 Å². The lowest BCUT2D eigenvalue weighted by Crippen LogP contribution is -2.16. The fourth-order valence-corrected chi connectivity index (χ4v) is 1.13. The Morgan fingerprint density at radius 3 is 2.50 bits per heavy atom. The molecule has 0 aliphatic heterocycles. The molecule has 1 atom stereocenters. The van der Waals surface area contributed by atoms with Gasteiger partial charge in [-0.2, -0.15) is 10.2 Å².